The zero-order chi connectivity index (χ0) is 22.3. The Balaban J connectivity index is 1.44. The Morgan fingerprint density at radius 2 is 1.84 bits per heavy atom. The maximum absolute atomic E-state index is 13.9. The molecule has 0 bridgehead atoms. The van der Waals surface area contributed by atoms with Crippen molar-refractivity contribution in [3.63, 3.8) is 0 Å². The molecule has 1 aliphatic heterocycles. The first-order chi connectivity index (χ1) is 14.7. The van der Waals surface area contributed by atoms with E-state index in [1.54, 1.807) is 30.0 Å². The minimum atomic E-state index is -4.59. The highest BCUT2D eigenvalue weighted by molar-refractivity contribution is 9.10. The van der Waals surface area contributed by atoms with Crippen LogP contribution in [0.4, 0.5) is 17.6 Å². The molecule has 0 spiro atoms. The minimum absolute atomic E-state index is 0.00848. The van der Waals surface area contributed by atoms with Gasteiger partial charge in [0, 0.05) is 44.2 Å². The van der Waals surface area contributed by atoms with Gasteiger partial charge in [0.1, 0.15) is 11.9 Å². The molecule has 1 unspecified atom stereocenters. The lowest BCUT2D eigenvalue weighted by Crippen LogP contribution is -2.50. The van der Waals surface area contributed by atoms with Gasteiger partial charge in [0.25, 0.3) is 0 Å². The Labute approximate surface area is 186 Å². The van der Waals surface area contributed by atoms with E-state index in [1.165, 1.54) is 10.7 Å². The number of aromatic nitrogens is 2. The maximum Gasteiger partial charge on any atom is 0.436 e. The lowest BCUT2D eigenvalue weighted by atomic mass is 10.1. The van der Waals surface area contributed by atoms with E-state index < -0.39 is 17.9 Å². The zero-order valence-corrected chi connectivity index (χ0v) is 18.6. The molecule has 0 N–H and O–H groups in total. The molecule has 2 aromatic rings. The summed E-state index contributed by atoms with van der Waals surface area (Å²) in [6.45, 7) is 4.06. The van der Waals surface area contributed by atoms with E-state index in [1.807, 2.05) is 0 Å². The summed E-state index contributed by atoms with van der Waals surface area (Å²) in [5.41, 5.74) is 0.0703. The first-order valence-corrected chi connectivity index (χ1v) is 11.1. The summed E-state index contributed by atoms with van der Waals surface area (Å²) in [6, 6.07) is 5.76. The van der Waals surface area contributed by atoms with Crippen LogP contribution >= 0.6 is 15.9 Å². The molecule has 10 heteroatoms. The second-order valence-electron chi connectivity index (χ2n) is 8.13. The summed E-state index contributed by atoms with van der Waals surface area (Å²) in [7, 11) is 0. The Bertz CT molecular complexity index is 965. The van der Waals surface area contributed by atoms with Gasteiger partial charge in [0.05, 0.1) is 10.2 Å². The van der Waals surface area contributed by atoms with Gasteiger partial charge in [-0.2, -0.15) is 18.3 Å². The Kier molecular flexibility index (Phi) is 6.13. The highest BCUT2D eigenvalue weighted by Crippen LogP contribution is 2.47. The number of carbonyl (C=O) groups is 1. The van der Waals surface area contributed by atoms with Gasteiger partial charge in [0.2, 0.25) is 5.91 Å². The van der Waals surface area contributed by atoms with E-state index in [2.05, 4.69) is 25.9 Å². The second kappa shape index (κ2) is 8.54. The summed E-state index contributed by atoms with van der Waals surface area (Å²) in [5.74, 6) is -0.519. The number of alkyl halides is 3. The van der Waals surface area contributed by atoms with Crippen LogP contribution < -0.4 is 0 Å². The number of benzene rings is 1. The number of rotatable bonds is 5. The topological polar surface area (TPSA) is 41.4 Å². The summed E-state index contributed by atoms with van der Waals surface area (Å²) in [5, 5.41) is 3.78. The van der Waals surface area contributed by atoms with Crippen molar-refractivity contribution in [2.45, 2.75) is 44.4 Å². The van der Waals surface area contributed by atoms with Crippen molar-refractivity contribution in [1.82, 2.24) is 19.6 Å². The zero-order valence-electron chi connectivity index (χ0n) is 17.0. The fourth-order valence-corrected chi connectivity index (χ4v) is 4.80. The standard InChI is InChI=1S/C21H23BrF4N4O/c1-13(30-18(14-6-7-14)17(22)19(27-30)21(24,25)26)20(31)29-10-8-28(9-11-29)12-15-4-2-3-5-16(15)23/h2-5,13-14H,6-12H2,1H3. The fraction of sp³-hybridized carbons (Fsp3) is 0.524. The largest absolute Gasteiger partial charge is 0.436 e. The average Bonchev–Trinajstić information content (AvgIpc) is 3.50. The van der Waals surface area contributed by atoms with Crippen LogP contribution in [0.1, 0.15) is 48.7 Å². The first kappa shape index (κ1) is 22.3. The van der Waals surface area contributed by atoms with Gasteiger partial charge in [-0.25, -0.2) is 4.39 Å². The van der Waals surface area contributed by atoms with E-state index in [-0.39, 0.29) is 22.1 Å². The van der Waals surface area contributed by atoms with Gasteiger partial charge < -0.3 is 4.90 Å². The van der Waals surface area contributed by atoms with Crippen LogP contribution in [0, 0.1) is 5.82 Å². The van der Waals surface area contributed by atoms with Crippen molar-refractivity contribution in [3.05, 3.63) is 51.5 Å². The van der Waals surface area contributed by atoms with Crippen molar-refractivity contribution >= 4 is 21.8 Å². The molecule has 31 heavy (non-hydrogen) atoms. The van der Waals surface area contributed by atoms with E-state index in [9.17, 15) is 22.4 Å². The molecule has 1 aromatic heterocycles. The van der Waals surface area contributed by atoms with Gasteiger partial charge in [-0.05, 0) is 41.8 Å². The number of hydrogen-bond donors (Lipinski definition) is 0. The van der Waals surface area contributed by atoms with Crippen LogP contribution in [0.5, 0.6) is 0 Å². The molecule has 1 aliphatic carbocycles. The number of amides is 1. The Morgan fingerprint density at radius 1 is 1.19 bits per heavy atom. The summed E-state index contributed by atoms with van der Waals surface area (Å²) < 4.78 is 55.2. The van der Waals surface area contributed by atoms with E-state index in [0.717, 1.165) is 12.8 Å². The number of nitrogens with zero attached hydrogens (tertiary/aromatic N) is 4. The van der Waals surface area contributed by atoms with Gasteiger partial charge in [-0.15, -0.1) is 0 Å². The Morgan fingerprint density at radius 3 is 2.42 bits per heavy atom. The lowest BCUT2D eigenvalue weighted by molar-refractivity contribution is -0.143. The third-order valence-electron chi connectivity index (χ3n) is 5.88. The minimum Gasteiger partial charge on any atom is -0.338 e. The highest BCUT2D eigenvalue weighted by Gasteiger charge is 2.43. The quantitative estimate of drug-likeness (QED) is 0.561. The molecule has 1 saturated heterocycles. The van der Waals surface area contributed by atoms with Crippen molar-refractivity contribution in [1.29, 1.82) is 0 Å². The number of piperazine rings is 1. The normalized spacial score (nSPS) is 19.0. The van der Waals surface area contributed by atoms with Gasteiger partial charge in [0.15, 0.2) is 5.69 Å². The number of carbonyl (C=O) groups excluding carboxylic acids is 1. The molecule has 2 heterocycles. The summed E-state index contributed by atoms with van der Waals surface area (Å²) in [4.78, 5) is 16.8. The van der Waals surface area contributed by atoms with Crippen LogP contribution in [0.25, 0.3) is 0 Å². The molecule has 1 atom stereocenters. The molecular formula is C21H23BrF4N4O. The molecule has 1 amide bonds. The summed E-state index contributed by atoms with van der Waals surface area (Å²) in [6.07, 6.45) is -3.01. The van der Waals surface area contributed by atoms with Crippen LogP contribution in [-0.2, 0) is 17.5 Å². The molecule has 168 valence electrons. The van der Waals surface area contributed by atoms with Crippen molar-refractivity contribution in [3.8, 4) is 0 Å². The van der Waals surface area contributed by atoms with Crippen molar-refractivity contribution < 1.29 is 22.4 Å². The second-order valence-corrected chi connectivity index (χ2v) is 8.93. The SMILES string of the molecule is CC(C(=O)N1CCN(Cc2ccccc2F)CC1)n1nc(C(F)(F)F)c(Br)c1C1CC1. The van der Waals surface area contributed by atoms with Crippen molar-refractivity contribution in [2.75, 3.05) is 26.2 Å². The fourth-order valence-electron chi connectivity index (χ4n) is 3.99. The Hall–Kier alpha value is -1.94. The van der Waals surface area contributed by atoms with Gasteiger partial charge >= 0.3 is 6.18 Å². The molecule has 5 nitrogen and oxygen atoms in total. The summed E-state index contributed by atoms with van der Waals surface area (Å²) >= 11 is 3.07. The van der Waals surface area contributed by atoms with Crippen LogP contribution in [0.3, 0.4) is 0 Å². The molecule has 2 aliphatic rings. The highest BCUT2D eigenvalue weighted by atomic mass is 79.9. The van der Waals surface area contributed by atoms with Crippen LogP contribution in [-0.4, -0.2) is 51.7 Å². The van der Waals surface area contributed by atoms with Gasteiger partial charge in [-0.1, -0.05) is 18.2 Å². The lowest BCUT2D eigenvalue weighted by Gasteiger charge is -2.36. The van der Waals surface area contributed by atoms with Crippen molar-refractivity contribution in [2.24, 2.45) is 0 Å². The third-order valence-corrected chi connectivity index (χ3v) is 6.66. The molecular weight excluding hydrogens is 480 g/mol. The van der Waals surface area contributed by atoms with Gasteiger partial charge in [-0.3, -0.25) is 14.4 Å². The number of hydrogen-bond acceptors (Lipinski definition) is 3. The maximum atomic E-state index is 13.9. The van der Waals surface area contributed by atoms with E-state index >= 15 is 0 Å². The average molecular weight is 503 g/mol. The molecule has 1 aromatic carbocycles. The molecule has 2 fully saturated rings. The predicted octanol–water partition coefficient (Wildman–Crippen LogP) is 4.59. The number of halogens is 5. The molecule has 0 radical (unpaired) electrons. The van der Waals surface area contributed by atoms with E-state index in [0.29, 0.717) is 44.0 Å². The molecule has 4 rings (SSSR count). The van der Waals surface area contributed by atoms with Crippen LogP contribution in [0.2, 0.25) is 0 Å². The smallest absolute Gasteiger partial charge is 0.338 e. The van der Waals surface area contributed by atoms with Crippen LogP contribution in [0.15, 0.2) is 28.7 Å². The molecule has 1 saturated carbocycles. The first-order valence-electron chi connectivity index (χ1n) is 10.3. The predicted molar refractivity (Wildman–Crippen MR) is 110 cm³/mol. The third kappa shape index (κ3) is 4.64. The monoisotopic (exact) mass is 502 g/mol. The van der Waals surface area contributed by atoms with E-state index in [4.69, 9.17) is 0 Å².